The van der Waals surface area contributed by atoms with Crippen LogP contribution in [0.1, 0.15) is 21.5 Å². The lowest BCUT2D eigenvalue weighted by Gasteiger charge is -2.07. The molecule has 0 atom stereocenters. The van der Waals surface area contributed by atoms with E-state index >= 15 is 0 Å². The second kappa shape index (κ2) is 5.47. The minimum absolute atomic E-state index is 0.0591. The summed E-state index contributed by atoms with van der Waals surface area (Å²) in [5.41, 5.74) is 3.82. The summed E-state index contributed by atoms with van der Waals surface area (Å²) >= 11 is 12.1. The number of Topliss-reactive ketones (excluding diaryl/α,β-unsaturated/α-hetero) is 1. The lowest BCUT2D eigenvalue weighted by molar-refractivity contribution is 0.0993. The molecule has 0 radical (unpaired) electrons. The predicted molar refractivity (Wildman–Crippen MR) is 83.1 cm³/mol. The molecule has 0 bridgehead atoms. The summed E-state index contributed by atoms with van der Waals surface area (Å²) in [6, 6.07) is 11.2. The maximum atomic E-state index is 12.4. The predicted octanol–water partition coefficient (Wildman–Crippen LogP) is 4.39. The summed E-state index contributed by atoms with van der Waals surface area (Å²) in [5, 5.41) is 4.23. The third-order valence-corrected chi connectivity index (χ3v) is 4.38. The number of hydrogen-bond donors (Lipinski definition) is 1. The molecule has 1 aliphatic rings. The molecular formula is C16H13Cl2NO. The van der Waals surface area contributed by atoms with Gasteiger partial charge in [0, 0.05) is 24.2 Å². The van der Waals surface area contributed by atoms with Crippen molar-refractivity contribution in [3.05, 3.63) is 63.1 Å². The summed E-state index contributed by atoms with van der Waals surface area (Å²) < 4.78 is 0. The average molecular weight is 306 g/mol. The average Bonchev–Trinajstić information content (AvgIpc) is 2.91. The zero-order chi connectivity index (χ0) is 14.1. The first-order chi connectivity index (χ1) is 9.65. The first-order valence-electron chi connectivity index (χ1n) is 6.48. The summed E-state index contributed by atoms with van der Waals surface area (Å²) in [6.45, 7) is 0.938. The van der Waals surface area contributed by atoms with Crippen molar-refractivity contribution in [3.8, 4) is 0 Å². The van der Waals surface area contributed by atoms with Gasteiger partial charge in [0.1, 0.15) is 0 Å². The number of halogens is 2. The molecule has 0 aliphatic carbocycles. The highest BCUT2D eigenvalue weighted by molar-refractivity contribution is 6.42. The molecule has 1 aliphatic heterocycles. The Morgan fingerprint density at radius 1 is 1.20 bits per heavy atom. The molecule has 0 fully saturated rings. The van der Waals surface area contributed by atoms with Gasteiger partial charge in [0.05, 0.1) is 10.0 Å². The first-order valence-corrected chi connectivity index (χ1v) is 7.23. The van der Waals surface area contributed by atoms with Gasteiger partial charge < -0.3 is 5.32 Å². The van der Waals surface area contributed by atoms with E-state index < -0.39 is 0 Å². The molecule has 0 aromatic heterocycles. The molecule has 2 nitrogen and oxygen atoms in total. The van der Waals surface area contributed by atoms with Gasteiger partial charge in [-0.1, -0.05) is 35.3 Å². The van der Waals surface area contributed by atoms with Gasteiger partial charge in [0.15, 0.2) is 5.78 Å². The smallest absolute Gasteiger partial charge is 0.167 e. The molecule has 0 amide bonds. The van der Waals surface area contributed by atoms with Crippen molar-refractivity contribution in [3.63, 3.8) is 0 Å². The highest BCUT2D eigenvalue weighted by Gasteiger charge is 2.15. The van der Waals surface area contributed by atoms with E-state index in [9.17, 15) is 4.79 Å². The van der Waals surface area contributed by atoms with Crippen molar-refractivity contribution in [1.82, 2.24) is 0 Å². The number of hydrogen-bond acceptors (Lipinski definition) is 2. The topological polar surface area (TPSA) is 29.1 Å². The van der Waals surface area contributed by atoms with Crippen LogP contribution in [0.3, 0.4) is 0 Å². The number of carbonyl (C=O) groups is 1. The van der Waals surface area contributed by atoms with Gasteiger partial charge in [-0.05, 0) is 41.8 Å². The second-order valence-electron chi connectivity index (χ2n) is 4.86. The number of anilines is 1. The minimum atomic E-state index is 0.0591. The normalized spacial score (nSPS) is 12.9. The fraction of sp³-hybridized carbons (Fsp3) is 0.188. The molecule has 0 unspecified atom stereocenters. The quantitative estimate of drug-likeness (QED) is 0.852. The Balaban J connectivity index is 1.84. The van der Waals surface area contributed by atoms with Crippen LogP contribution in [-0.4, -0.2) is 12.3 Å². The van der Waals surface area contributed by atoms with E-state index in [1.807, 2.05) is 30.3 Å². The molecule has 3 rings (SSSR count). The molecule has 102 valence electrons. The Labute approximate surface area is 127 Å². The molecule has 0 saturated heterocycles. The number of fused-ring (bicyclic) bond motifs is 1. The van der Waals surface area contributed by atoms with E-state index in [1.54, 1.807) is 6.07 Å². The van der Waals surface area contributed by atoms with Gasteiger partial charge in [-0.2, -0.15) is 0 Å². The molecule has 20 heavy (non-hydrogen) atoms. The number of nitrogens with one attached hydrogen (secondary N) is 1. The Bertz CT molecular complexity index is 682. The van der Waals surface area contributed by atoms with Crippen LogP contribution in [-0.2, 0) is 12.8 Å². The Kier molecular flexibility index (Phi) is 3.68. The molecule has 1 N–H and O–H groups in total. The van der Waals surface area contributed by atoms with E-state index in [0.29, 0.717) is 10.0 Å². The molecule has 0 saturated carbocycles. The van der Waals surface area contributed by atoms with Gasteiger partial charge >= 0.3 is 0 Å². The Morgan fingerprint density at radius 3 is 2.90 bits per heavy atom. The number of benzene rings is 2. The van der Waals surface area contributed by atoms with E-state index in [2.05, 4.69) is 5.32 Å². The largest absolute Gasteiger partial charge is 0.384 e. The second-order valence-corrected chi connectivity index (χ2v) is 5.65. The van der Waals surface area contributed by atoms with Crippen LogP contribution in [0.15, 0.2) is 36.4 Å². The summed E-state index contributed by atoms with van der Waals surface area (Å²) in [6.07, 6.45) is 1.24. The van der Waals surface area contributed by atoms with Crippen LogP contribution in [0, 0.1) is 0 Å². The fourth-order valence-corrected chi connectivity index (χ4v) is 2.83. The van der Waals surface area contributed by atoms with Crippen LogP contribution >= 0.6 is 23.2 Å². The van der Waals surface area contributed by atoms with Gasteiger partial charge in [0.25, 0.3) is 0 Å². The molecule has 0 spiro atoms. The maximum Gasteiger partial charge on any atom is 0.167 e. The highest BCUT2D eigenvalue weighted by atomic mass is 35.5. The lowest BCUT2D eigenvalue weighted by Crippen LogP contribution is -2.04. The van der Waals surface area contributed by atoms with Crippen LogP contribution in [0.25, 0.3) is 0 Å². The molecular weight excluding hydrogens is 293 g/mol. The van der Waals surface area contributed by atoms with Crippen LogP contribution in [0.4, 0.5) is 5.69 Å². The van der Waals surface area contributed by atoms with Gasteiger partial charge in [-0.15, -0.1) is 0 Å². The van der Waals surface area contributed by atoms with Gasteiger partial charge in [-0.25, -0.2) is 0 Å². The SMILES string of the molecule is O=C(Cc1cccc(Cl)c1Cl)c1ccc2c(c1)CCN2. The monoisotopic (exact) mass is 305 g/mol. The standard InChI is InChI=1S/C16H13Cl2NO/c17-13-3-1-2-12(16(13)18)9-15(20)11-4-5-14-10(8-11)6-7-19-14/h1-5,8,19H,6-7,9H2. The molecule has 2 aromatic carbocycles. The molecule has 2 aromatic rings. The van der Waals surface area contributed by atoms with E-state index in [1.165, 1.54) is 5.56 Å². The van der Waals surface area contributed by atoms with Crippen molar-refractivity contribution >= 4 is 34.7 Å². The first kappa shape index (κ1) is 13.5. The van der Waals surface area contributed by atoms with E-state index in [4.69, 9.17) is 23.2 Å². The fourth-order valence-electron chi connectivity index (χ4n) is 2.44. The summed E-state index contributed by atoms with van der Waals surface area (Å²) in [4.78, 5) is 12.4. The zero-order valence-corrected chi connectivity index (χ0v) is 12.3. The third kappa shape index (κ3) is 2.54. The molecule has 4 heteroatoms. The van der Waals surface area contributed by atoms with Crippen LogP contribution < -0.4 is 5.32 Å². The van der Waals surface area contributed by atoms with E-state index in [0.717, 1.165) is 29.8 Å². The number of carbonyl (C=O) groups excluding carboxylic acids is 1. The zero-order valence-electron chi connectivity index (χ0n) is 10.7. The lowest BCUT2D eigenvalue weighted by atomic mass is 10.0. The van der Waals surface area contributed by atoms with Crippen molar-refractivity contribution in [2.24, 2.45) is 0 Å². The summed E-state index contributed by atoms with van der Waals surface area (Å²) in [7, 11) is 0. The van der Waals surface area contributed by atoms with Crippen molar-refractivity contribution < 1.29 is 4.79 Å². The number of ketones is 1. The van der Waals surface area contributed by atoms with Crippen LogP contribution in [0.2, 0.25) is 10.0 Å². The highest BCUT2D eigenvalue weighted by Crippen LogP contribution is 2.28. The Morgan fingerprint density at radius 2 is 2.05 bits per heavy atom. The van der Waals surface area contributed by atoms with Crippen molar-refractivity contribution in [2.75, 3.05) is 11.9 Å². The van der Waals surface area contributed by atoms with Crippen molar-refractivity contribution in [2.45, 2.75) is 12.8 Å². The van der Waals surface area contributed by atoms with Gasteiger partial charge in [0.2, 0.25) is 0 Å². The maximum absolute atomic E-state index is 12.4. The minimum Gasteiger partial charge on any atom is -0.384 e. The summed E-state index contributed by atoms with van der Waals surface area (Å²) in [5.74, 6) is 0.0591. The third-order valence-electron chi connectivity index (χ3n) is 3.52. The van der Waals surface area contributed by atoms with Gasteiger partial charge in [-0.3, -0.25) is 4.79 Å². The molecule has 1 heterocycles. The van der Waals surface area contributed by atoms with Crippen molar-refractivity contribution in [1.29, 1.82) is 0 Å². The van der Waals surface area contributed by atoms with E-state index in [-0.39, 0.29) is 12.2 Å². The van der Waals surface area contributed by atoms with Crippen LogP contribution in [0.5, 0.6) is 0 Å². The Hall–Kier alpha value is -1.51. The number of rotatable bonds is 3.